The first-order chi connectivity index (χ1) is 7.15. The van der Waals surface area contributed by atoms with Crippen molar-refractivity contribution in [2.75, 3.05) is 12.9 Å². The van der Waals surface area contributed by atoms with Crippen LogP contribution in [-0.2, 0) is 4.43 Å². The maximum atomic E-state index is 6.10. The molecule has 0 rings (SSSR count). The van der Waals surface area contributed by atoms with Crippen molar-refractivity contribution in [1.29, 1.82) is 0 Å². The zero-order chi connectivity index (χ0) is 13.0. The summed E-state index contributed by atoms with van der Waals surface area (Å²) in [5, 5.41) is 0.243. The van der Waals surface area contributed by atoms with E-state index >= 15 is 0 Å². The highest BCUT2D eigenvalue weighted by atomic mass is 32.2. The average Bonchev–Trinajstić information content (AvgIpc) is 2.16. The van der Waals surface area contributed by atoms with Crippen molar-refractivity contribution in [3.63, 3.8) is 0 Å². The predicted molar refractivity (Wildman–Crippen MR) is 78.9 cm³/mol. The Kier molecular flexibility index (Phi) is 6.01. The molecule has 0 aliphatic carbocycles. The largest absolute Gasteiger partial charge is 0.411 e. The van der Waals surface area contributed by atoms with Crippen LogP contribution < -0.4 is 0 Å². The summed E-state index contributed by atoms with van der Waals surface area (Å²) in [6.07, 6.45) is 2.05. The smallest absolute Gasteiger partial charge is 0.192 e. The van der Waals surface area contributed by atoms with Crippen LogP contribution >= 0.6 is 11.8 Å². The number of hydrogen-bond donors (Lipinski definition) is 0. The van der Waals surface area contributed by atoms with Crippen LogP contribution in [0.3, 0.4) is 0 Å². The molecule has 0 N–H and O–H groups in total. The van der Waals surface area contributed by atoms with Gasteiger partial charge in [0.1, 0.15) is 0 Å². The topological polar surface area (TPSA) is 21.6 Å². The normalized spacial score (nSPS) is 14.7. The molecule has 16 heavy (non-hydrogen) atoms. The van der Waals surface area contributed by atoms with Crippen LogP contribution in [0.25, 0.3) is 0 Å². The van der Waals surface area contributed by atoms with E-state index in [9.17, 15) is 0 Å². The van der Waals surface area contributed by atoms with Crippen molar-refractivity contribution < 1.29 is 4.43 Å². The van der Waals surface area contributed by atoms with Crippen LogP contribution in [0.2, 0.25) is 18.1 Å². The Morgan fingerprint density at radius 1 is 1.38 bits per heavy atom. The molecule has 0 amide bonds. The van der Waals surface area contributed by atoms with Gasteiger partial charge in [0, 0.05) is 4.91 Å². The summed E-state index contributed by atoms with van der Waals surface area (Å²) in [5.74, 6) is 0. The number of hydrogen-bond acceptors (Lipinski definition) is 3. The molecule has 0 aromatic rings. The van der Waals surface area contributed by atoms with Gasteiger partial charge in [-0.2, -0.15) is 0 Å². The zero-order valence-corrected chi connectivity index (χ0v) is 13.5. The van der Waals surface area contributed by atoms with Gasteiger partial charge in [0.2, 0.25) is 0 Å². The van der Waals surface area contributed by atoms with E-state index in [1.54, 1.807) is 11.8 Å². The number of rotatable bonds is 5. The molecule has 0 radical (unpaired) electrons. The fraction of sp³-hybridized carbons (Fsp3) is 0.750. The van der Waals surface area contributed by atoms with Gasteiger partial charge in [0.25, 0.3) is 0 Å². The summed E-state index contributed by atoms with van der Waals surface area (Å²) < 4.78 is 6.10. The molecule has 0 spiro atoms. The van der Waals surface area contributed by atoms with Crippen LogP contribution in [0.5, 0.6) is 0 Å². The Balaban J connectivity index is 4.62. The molecule has 0 aliphatic rings. The molecule has 0 saturated carbocycles. The second-order valence-corrected chi connectivity index (χ2v) is 11.2. The third kappa shape index (κ3) is 4.43. The van der Waals surface area contributed by atoms with Crippen LogP contribution in [0.15, 0.2) is 15.6 Å². The standard InChI is InChI=1S/C12H25NOSSi/c1-10(15-6)11(13-5)9-14-16(7,8)12(2,3)4/h5,9H2,1-4,6-8H3/b11-10-. The first-order valence-corrected chi connectivity index (χ1v) is 9.63. The quantitative estimate of drug-likeness (QED) is 0.542. The zero-order valence-electron chi connectivity index (χ0n) is 11.7. The Morgan fingerprint density at radius 3 is 2.19 bits per heavy atom. The van der Waals surface area contributed by atoms with Crippen molar-refractivity contribution >= 4 is 26.8 Å². The van der Waals surface area contributed by atoms with Gasteiger partial charge in [-0.05, 0) is 38.0 Å². The van der Waals surface area contributed by atoms with Gasteiger partial charge in [-0.25, -0.2) is 0 Å². The summed E-state index contributed by atoms with van der Waals surface area (Å²) >= 11 is 1.70. The Morgan fingerprint density at radius 2 is 1.88 bits per heavy atom. The van der Waals surface area contributed by atoms with Crippen LogP contribution in [-0.4, -0.2) is 27.9 Å². The van der Waals surface area contributed by atoms with Crippen LogP contribution in [0.4, 0.5) is 0 Å². The minimum atomic E-state index is -1.67. The first kappa shape index (κ1) is 15.9. The van der Waals surface area contributed by atoms with Gasteiger partial charge in [-0.1, -0.05) is 20.8 Å². The third-order valence-corrected chi connectivity index (χ3v) is 8.61. The van der Waals surface area contributed by atoms with Gasteiger partial charge in [0.15, 0.2) is 8.32 Å². The fourth-order valence-electron chi connectivity index (χ4n) is 0.842. The molecule has 0 aliphatic heterocycles. The molecule has 0 fully saturated rings. The van der Waals surface area contributed by atoms with E-state index in [-0.39, 0.29) is 5.04 Å². The SMILES string of the molecule is C=N/C(CO[Si](C)(C)C(C)(C)C)=C(/C)SC. The highest BCUT2D eigenvalue weighted by Gasteiger charge is 2.37. The molecule has 0 heterocycles. The lowest BCUT2D eigenvalue weighted by Gasteiger charge is -2.36. The number of allylic oxidation sites excluding steroid dienone is 1. The molecule has 94 valence electrons. The number of aliphatic imine (C=N–C) groups is 1. The summed E-state index contributed by atoms with van der Waals surface area (Å²) in [6, 6.07) is 0. The second-order valence-electron chi connectivity index (χ2n) is 5.41. The van der Waals surface area contributed by atoms with Crippen LogP contribution in [0.1, 0.15) is 27.7 Å². The first-order valence-electron chi connectivity index (χ1n) is 5.50. The van der Waals surface area contributed by atoms with Crippen molar-refractivity contribution in [1.82, 2.24) is 0 Å². The molecule has 0 atom stereocenters. The molecule has 0 saturated heterocycles. The number of nitrogens with zero attached hydrogens (tertiary/aromatic N) is 1. The minimum absolute atomic E-state index is 0.243. The Bertz CT molecular complexity index is 279. The van der Waals surface area contributed by atoms with Crippen molar-refractivity contribution in [3.05, 3.63) is 10.6 Å². The lowest BCUT2D eigenvalue weighted by Crippen LogP contribution is -2.41. The minimum Gasteiger partial charge on any atom is -0.411 e. The lowest BCUT2D eigenvalue weighted by atomic mass is 10.2. The molecule has 0 unspecified atom stereocenters. The highest BCUT2D eigenvalue weighted by molar-refractivity contribution is 8.02. The van der Waals surface area contributed by atoms with E-state index in [1.165, 1.54) is 4.91 Å². The van der Waals surface area contributed by atoms with E-state index in [4.69, 9.17) is 4.43 Å². The molecule has 4 heteroatoms. The van der Waals surface area contributed by atoms with Gasteiger partial charge in [-0.15, -0.1) is 11.8 Å². The summed E-state index contributed by atoms with van der Waals surface area (Å²) in [6.45, 7) is 17.5. The fourth-order valence-corrected chi connectivity index (χ4v) is 2.13. The second kappa shape index (κ2) is 6.03. The van der Waals surface area contributed by atoms with Crippen molar-refractivity contribution in [2.24, 2.45) is 4.99 Å². The maximum Gasteiger partial charge on any atom is 0.192 e. The molecule has 2 nitrogen and oxygen atoms in total. The molecule has 0 aromatic carbocycles. The van der Waals surface area contributed by atoms with Gasteiger partial charge in [-0.3, -0.25) is 4.99 Å². The monoisotopic (exact) mass is 259 g/mol. The predicted octanol–water partition coefficient (Wildman–Crippen LogP) is 4.30. The van der Waals surface area contributed by atoms with Crippen molar-refractivity contribution in [3.8, 4) is 0 Å². The van der Waals surface area contributed by atoms with Crippen molar-refractivity contribution in [2.45, 2.75) is 45.8 Å². The Hall–Kier alpha value is -0.0631. The van der Waals surface area contributed by atoms with E-state index in [0.29, 0.717) is 6.61 Å². The highest BCUT2D eigenvalue weighted by Crippen LogP contribution is 2.37. The van der Waals surface area contributed by atoms with E-state index in [0.717, 1.165) is 5.70 Å². The molecule has 0 bridgehead atoms. The van der Waals surface area contributed by atoms with Gasteiger partial charge >= 0.3 is 0 Å². The van der Waals surface area contributed by atoms with Gasteiger partial charge < -0.3 is 4.43 Å². The summed E-state index contributed by atoms with van der Waals surface area (Å²) in [5.41, 5.74) is 0.970. The maximum absolute atomic E-state index is 6.10. The van der Waals surface area contributed by atoms with E-state index in [2.05, 4.69) is 52.5 Å². The lowest BCUT2D eigenvalue weighted by molar-refractivity contribution is 0.317. The van der Waals surface area contributed by atoms with E-state index < -0.39 is 8.32 Å². The average molecular weight is 259 g/mol. The van der Waals surface area contributed by atoms with Gasteiger partial charge in [0.05, 0.1) is 12.3 Å². The molecular formula is C12H25NOSSi. The van der Waals surface area contributed by atoms with Crippen LogP contribution in [0, 0.1) is 0 Å². The molecular weight excluding hydrogens is 234 g/mol. The summed E-state index contributed by atoms with van der Waals surface area (Å²) in [7, 11) is -1.67. The number of thioether (sulfide) groups is 1. The summed E-state index contributed by atoms with van der Waals surface area (Å²) in [4.78, 5) is 5.24. The van der Waals surface area contributed by atoms with E-state index in [1.807, 2.05) is 6.26 Å². The third-order valence-electron chi connectivity index (χ3n) is 3.28. The molecule has 0 aromatic heterocycles. The Labute approximate surface area is 106 Å².